The van der Waals surface area contributed by atoms with Crippen LogP contribution in [0.1, 0.15) is 55.5 Å². The molecule has 0 saturated heterocycles. The summed E-state index contributed by atoms with van der Waals surface area (Å²) >= 11 is 1.62. The van der Waals surface area contributed by atoms with Crippen LogP contribution in [0.5, 0.6) is 0 Å². The molecule has 1 aromatic rings. The molecular formula is C19H30N4OS. The number of nitrogens with zero attached hydrogens (tertiary/aromatic N) is 1. The molecule has 1 amide bonds. The van der Waals surface area contributed by atoms with Gasteiger partial charge >= 0.3 is 0 Å². The van der Waals surface area contributed by atoms with Gasteiger partial charge in [-0.1, -0.05) is 37.6 Å². The molecule has 6 heteroatoms. The molecule has 2 atom stereocenters. The summed E-state index contributed by atoms with van der Waals surface area (Å²) in [6.07, 6.45) is 4.56. The number of unbranched alkanes of at least 4 members (excludes halogenated alkanes) is 3. The number of aliphatic imine (C=N–C) groups is 1. The van der Waals surface area contributed by atoms with Gasteiger partial charge in [-0.3, -0.25) is 9.79 Å². The van der Waals surface area contributed by atoms with Gasteiger partial charge in [0.25, 0.3) is 5.91 Å². The number of nitrogens with two attached hydrogens (primary N) is 1. The number of carbonyl (C=O) groups excluding carboxylic acids is 1. The third-order valence-corrected chi connectivity index (χ3v) is 5.74. The average Bonchev–Trinajstić information content (AvgIpc) is 2.89. The number of hydrogen-bond donors (Lipinski definition) is 3. The van der Waals surface area contributed by atoms with Crippen LogP contribution in [0.3, 0.4) is 0 Å². The predicted octanol–water partition coefficient (Wildman–Crippen LogP) is 3.54. The van der Waals surface area contributed by atoms with Crippen molar-refractivity contribution in [3.63, 3.8) is 0 Å². The lowest BCUT2D eigenvalue weighted by molar-refractivity contribution is 0.0977. The first kappa shape index (κ1) is 19.8. The molecule has 1 aliphatic rings. The van der Waals surface area contributed by atoms with Gasteiger partial charge in [0.1, 0.15) is 0 Å². The third-order valence-electron chi connectivity index (χ3n) is 4.54. The summed E-state index contributed by atoms with van der Waals surface area (Å²) in [4.78, 5) is 17.1. The van der Waals surface area contributed by atoms with Crippen molar-refractivity contribution in [1.29, 1.82) is 0 Å². The minimum absolute atomic E-state index is 0.0864. The first-order chi connectivity index (χ1) is 12.0. The van der Waals surface area contributed by atoms with E-state index in [0.29, 0.717) is 10.8 Å². The summed E-state index contributed by atoms with van der Waals surface area (Å²) in [6.45, 7) is 7.86. The van der Waals surface area contributed by atoms with Crippen LogP contribution in [-0.2, 0) is 0 Å². The molecule has 25 heavy (non-hydrogen) atoms. The Morgan fingerprint density at radius 3 is 2.68 bits per heavy atom. The Balaban J connectivity index is 1.91. The van der Waals surface area contributed by atoms with Gasteiger partial charge in [-0.05, 0) is 50.9 Å². The van der Waals surface area contributed by atoms with Crippen LogP contribution in [0.15, 0.2) is 23.2 Å². The number of amidine groups is 1. The Hall–Kier alpha value is -1.53. The number of rotatable bonds is 8. The standard InChI is InChI=1S/C19H30N4OS/c1-13-16(18(24)23-19-22-14(2)15(3)25-19)9-8-10-17(13)21-12-7-5-4-6-11-20/h8-10,14-15,21H,4-7,11-12,20H2,1-3H3,(H,22,23,24). The van der Waals surface area contributed by atoms with Crippen LogP contribution in [0.4, 0.5) is 5.69 Å². The summed E-state index contributed by atoms with van der Waals surface area (Å²) in [5.74, 6) is -0.0864. The minimum Gasteiger partial charge on any atom is -0.385 e. The number of benzene rings is 1. The van der Waals surface area contributed by atoms with E-state index < -0.39 is 0 Å². The van der Waals surface area contributed by atoms with E-state index in [0.717, 1.165) is 42.3 Å². The first-order valence-electron chi connectivity index (χ1n) is 9.12. The van der Waals surface area contributed by atoms with Gasteiger partial charge < -0.3 is 16.4 Å². The van der Waals surface area contributed by atoms with Crippen LogP contribution < -0.4 is 16.4 Å². The molecular weight excluding hydrogens is 332 g/mol. The van der Waals surface area contributed by atoms with Crippen LogP contribution in [0.2, 0.25) is 0 Å². The van der Waals surface area contributed by atoms with Crippen LogP contribution in [0, 0.1) is 6.92 Å². The minimum atomic E-state index is -0.0864. The SMILES string of the molecule is Cc1c(NCCCCCCN)cccc1C(=O)NC1=NC(C)C(C)S1. The lowest BCUT2D eigenvalue weighted by Gasteiger charge is -2.13. The summed E-state index contributed by atoms with van der Waals surface area (Å²) in [7, 11) is 0. The summed E-state index contributed by atoms with van der Waals surface area (Å²) in [5.41, 5.74) is 8.21. The number of hydrogen-bond acceptors (Lipinski definition) is 5. The Bertz CT molecular complexity index is 617. The van der Waals surface area contributed by atoms with Gasteiger partial charge in [0.2, 0.25) is 0 Å². The van der Waals surface area contributed by atoms with Gasteiger partial charge in [-0.15, -0.1) is 0 Å². The van der Waals surface area contributed by atoms with E-state index in [1.165, 1.54) is 12.8 Å². The van der Waals surface area contributed by atoms with Crippen LogP contribution in [0.25, 0.3) is 0 Å². The fraction of sp³-hybridized carbons (Fsp3) is 0.579. The Morgan fingerprint density at radius 2 is 2.00 bits per heavy atom. The van der Waals surface area contributed by atoms with Crippen LogP contribution in [-0.4, -0.2) is 35.5 Å². The molecule has 4 N–H and O–H groups in total. The topological polar surface area (TPSA) is 79.5 Å². The number of nitrogens with one attached hydrogen (secondary N) is 2. The number of anilines is 1. The highest BCUT2D eigenvalue weighted by Gasteiger charge is 2.24. The molecule has 0 fully saturated rings. The highest BCUT2D eigenvalue weighted by molar-refractivity contribution is 8.14. The van der Waals surface area contributed by atoms with Crippen LogP contribution >= 0.6 is 11.8 Å². The van der Waals surface area contributed by atoms with Crippen molar-refractivity contribution in [3.8, 4) is 0 Å². The second kappa shape index (κ2) is 9.82. The molecule has 5 nitrogen and oxygen atoms in total. The normalized spacial score (nSPS) is 19.6. The maximum atomic E-state index is 12.6. The van der Waals surface area contributed by atoms with Gasteiger partial charge in [-0.2, -0.15) is 0 Å². The largest absolute Gasteiger partial charge is 0.385 e. The van der Waals surface area contributed by atoms with Crippen molar-refractivity contribution < 1.29 is 4.79 Å². The molecule has 0 saturated carbocycles. The second-order valence-electron chi connectivity index (χ2n) is 6.56. The average molecular weight is 363 g/mol. The van der Waals surface area contributed by atoms with Gasteiger partial charge in [0.05, 0.1) is 6.04 Å². The number of amides is 1. The van der Waals surface area contributed by atoms with E-state index in [4.69, 9.17) is 5.73 Å². The molecule has 0 aliphatic carbocycles. The van der Waals surface area contributed by atoms with Gasteiger partial charge in [0.15, 0.2) is 5.17 Å². The molecule has 0 radical (unpaired) electrons. The first-order valence-corrected chi connectivity index (χ1v) is 10.00. The van der Waals surface area contributed by atoms with E-state index in [-0.39, 0.29) is 11.9 Å². The second-order valence-corrected chi connectivity index (χ2v) is 7.93. The highest BCUT2D eigenvalue weighted by atomic mass is 32.2. The van der Waals surface area contributed by atoms with Crippen molar-refractivity contribution in [3.05, 3.63) is 29.3 Å². The zero-order valence-electron chi connectivity index (χ0n) is 15.5. The van der Waals surface area contributed by atoms with E-state index in [9.17, 15) is 4.79 Å². The van der Waals surface area contributed by atoms with Crippen molar-refractivity contribution >= 4 is 28.5 Å². The van der Waals surface area contributed by atoms with E-state index in [1.54, 1.807) is 11.8 Å². The summed E-state index contributed by atoms with van der Waals surface area (Å²) in [6, 6.07) is 6.06. The Labute approximate surface area is 155 Å². The molecule has 0 aromatic heterocycles. The lowest BCUT2D eigenvalue weighted by atomic mass is 10.1. The molecule has 1 heterocycles. The Kier molecular flexibility index (Phi) is 7.78. The molecule has 1 aromatic carbocycles. The smallest absolute Gasteiger partial charge is 0.257 e. The zero-order chi connectivity index (χ0) is 18.2. The van der Waals surface area contributed by atoms with Gasteiger partial charge in [-0.25, -0.2) is 0 Å². The monoisotopic (exact) mass is 362 g/mol. The van der Waals surface area contributed by atoms with E-state index in [2.05, 4.69) is 29.5 Å². The third kappa shape index (κ3) is 5.75. The van der Waals surface area contributed by atoms with Crippen molar-refractivity contribution in [2.45, 2.75) is 57.7 Å². The summed E-state index contributed by atoms with van der Waals surface area (Å²) in [5, 5.41) is 7.53. The highest BCUT2D eigenvalue weighted by Crippen LogP contribution is 2.25. The van der Waals surface area contributed by atoms with E-state index in [1.807, 2.05) is 25.1 Å². The summed E-state index contributed by atoms with van der Waals surface area (Å²) < 4.78 is 0. The molecule has 138 valence electrons. The number of carbonyl (C=O) groups is 1. The van der Waals surface area contributed by atoms with E-state index >= 15 is 0 Å². The zero-order valence-corrected chi connectivity index (χ0v) is 16.3. The fourth-order valence-corrected chi connectivity index (χ4v) is 3.73. The van der Waals surface area contributed by atoms with Crippen molar-refractivity contribution in [2.24, 2.45) is 10.7 Å². The van der Waals surface area contributed by atoms with Crippen molar-refractivity contribution in [2.75, 3.05) is 18.4 Å². The molecule has 2 rings (SSSR count). The predicted molar refractivity (Wildman–Crippen MR) is 109 cm³/mol. The molecule has 0 bridgehead atoms. The van der Waals surface area contributed by atoms with Gasteiger partial charge in [0, 0.05) is 23.0 Å². The Morgan fingerprint density at radius 1 is 1.24 bits per heavy atom. The van der Waals surface area contributed by atoms with Crippen molar-refractivity contribution in [1.82, 2.24) is 5.32 Å². The fourth-order valence-electron chi connectivity index (χ4n) is 2.74. The molecule has 0 spiro atoms. The molecule has 1 aliphatic heterocycles. The quantitative estimate of drug-likeness (QED) is 0.618. The maximum Gasteiger partial charge on any atom is 0.257 e. The lowest BCUT2D eigenvalue weighted by Crippen LogP contribution is -2.28. The molecule has 2 unspecified atom stereocenters. The number of thioether (sulfide) groups is 1. The maximum absolute atomic E-state index is 12.6.